The lowest BCUT2D eigenvalue weighted by Gasteiger charge is -2.16. The van der Waals surface area contributed by atoms with E-state index in [1.807, 2.05) is 11.4 Å². The Labute approximate surface area is 126 Å². The summed E-state index contributed by atoms with van der Waals surface area (Å²) in [6.45, 7) is 0. The number of alkyl halides is 3. The topological polar surface area (TPSA) is 38.0 Å². The predicted molar refractivity (Wildman–Crippen MR) is 77.2 cm³/mol. The van der Waals surface area contributed by atoms with Gasteiger partial charge in [-0.15, -0.1) is 11.3 Å². The van der Waals surface area contributed by atoms with E-state index in [2.05, 4.69) is 21.4 Å². The average molecular weight is 365 g/mol. The van der Waals surface area contributed by atoms with Crippen LogP contribution in [0.5, 0.6) is 0 Å². The van der Waals surface area contributed by atoms with Crippen LogP contribution in [0.15, 0.2) is 40.2 Å². The normalized spacial score (nSPS) is 13.4. The van der Waals surface area contributed by atoms with Gasteiger partial charge in [0.1, 0.15) is 0 Å². The minimum Gasteiger partial charge on any atom is -0.271 e. The molecule has 2 rings (SSSR count). The molecule has 0 aliphatic rings. The lowest BCUT2D eigenvalue weighted by molar-refractivity contribution is -0.137. The summed E-state index contributed by atoms with van der Waals surface area (Å²) in [5.74, 6) is 5.52. The van der Waals surface area contributed by atoms with E-state index >= 15 is 0 Å². The lowest BCUT2D eigenvalue weighted by Crippen LogP contribution is -2.29. The molecule has 0 radical (unpaired) electrons. The first-order chi connectivity index (χ1) is 9.41. The van der Waals surface area contributed by atoms with E-state index in [-0.39, 0.29) is 6.04 Å². The Bertz CT molecular complexity index is 583. The third-order valence-corrected chi connectivity index (χ3v) is 4.84. The molecule has 7 heteroatoms. The van der Waals surface area contributed by atoms with Gasteiger partial charge in [0.15, 0.2) is 0 Å². The number of thiophene rings is 1. The summed E-state index contributed by atoms with van der Waals surface area (Å²) >= 11 is 4.90. The molecule has 0 aliphatic carbocycles. The largest absolute Gasteiger partial charge is 0.416 e. The molecule has 1 unspecified atom stereocenters. The standard InChI is InChI=1S/C13H12BrF3N2S/c14-10-4-5-20-12(10)11(19-18)7-8-2-1-3-9(6-8)13(15,16)17/h1-6,11,19H,7,18H2. The first kappa shape index (κ1) is 15.5. The van der Waals surface area contributed by atoms with Crippen LogP contribution < -0.4 is 11.3 Å². The fraction of sp³-hybridized carbons (Fsp3) is 0.231. The van der Waals surface area contributed by atoms with E-state index in [1.165, 1.54) is 17.4 Å². The molecule has 1 aromatic heterocycles. The van der Waals surface area contributed by atoms with E-state index in [4.69, 9.17) is 5.84 Å². The van der Waals surface area contributed by atoms with E-state index in [9.17, 15) is 13.2 Å². The summed E-state index contributed by atoms with van der Waals surface area (Å²) in [7, 11) is 0. The molecule has 1 aromatic carbocycles. The number of hydrogen-bond acceptors (Lipinski definition) is 3. The van der Waals surface area contributed by atoms with Crippen LogP contribution in [0, 0.1) is 0 Å². The van der Waals surface area contributed by atoms with Crippen molar-refractivity contribution in [2.45, 2.75) is 18.6 Å². The smallest absolute Gasteiger partial charge is 0.271 e. The highest BCUT2D eigenvalue weighted by Gasteiger charge is 2.30. The Balaban J connectivity index is 2.23. The van der Waals surface area contributed by atoms with Gasteiger partial charge in [-0.05, 0) is 45.4 Å². The summed E-state index contributed by atoms with van der Waals surface area (Å²) < 4.78 is 38.9. The Hall–Kier alpha value is -0.890. The summed E-state index contributed by atoms with van der Waals surface area (Å²) in [4.78, 5) is 0.963. The van der Waals surface area contributed by atoms with Crippen LogP contribution in [-0.4, -0.2) is 0 Å². The van der Waals surface area contributed by atoms with Crippen molar-refractivity contribution >= 4 is 27.3 Å². The molecule has 0 spiro atoms. The van der Waals surface area contributed by atoms with Crippen molar-refractivity contribution in [3.8, 4) is 0 Å². The van der Waals surface area contributed by atoms with E-state index in [0.717, 1.165) is 21.5 Å². The van der Waals surface area contributed by atoms with Gasteiger partial charge < -0.3 is 0 Å². The van der Waals surface area contributed by atoms with Crippen LogP contribution in [0.1, 0.15) is 22.0 Å². The number of benzene rings is 1. The van der Waals surface area contributed by atoms with Gasteiger partial charge in [0.25, 0.3) is 0 Å². The first-order valence-electron chi connectivity index (χ1n) is 5.77. The predicted octanol–water partition coefficient (Wildman–Crippen LogP) is 4.28. The fourth-order valence-electron chi connectivity index (χ4n) is 1.89. The highest BCUT2D eigenvalue weighted by Crippen LogP contribution is 2.33. The zero-order valence-corrected chi connectivity index (χ0v) is 12.6. The van der Waals surface area contributed by atoms with Gasteiger partial charge in [-0.1, -0.05) is 18.2 Å². The van der Waals surface area contributed by atoms with Crippen LogP contribution in [-0.2, 0) is 12.6 Å². The second-order valence-corrected chi connectivity index (χ2v) is 6.06. The van der Waals surface area contributed by atoms with Gasteiger partial charge in [0, 0.05) is 9.35 Å². The summed E-state index contributed by atoms with van der Waals surface area (Å²) in [6, 6.07) is 6.96. The third-order valence-electron chi connectivity index (χ3n) is 2.86. The molecule has 0 fully saturated rings. The molecule has 0 saturated heterocycles. The maximum absolute atomic E-state index is 12.7. The van der Waals surface area contributed by atoms with Crippen molar-refractivity contribution in [1.82, 2.24) is 5.43 Å². The molecule has 1 heterocycles. The average Bonchev–Trinajstić information content (AvgIpc) is 2.81. The monoisotopic (exact) mass is 364 g/mol. The van der Waals surface area contributed by atoms with Crippen LogP contribution in [0.4, 0.5) is 13.2 Å². The molecule has 2 nitrogen and oxygen atoms in total. The van der Waals surface area contributed by atoms with Gasteiger partial charge in [-0.2, -0.15) is 13.2 Å². The maximum Gasteiger partial charge on any atom is 0.416 e. The first-order valence-corrected chi connectivity index (χ1v) is 7.44. The molecule has 108 valence electrons. The zero-order chi connectivity index (χ0) is 14.8. The summed E-state index contributed by atoms with van der Waals surface area (Å²) in [5, 5.41) is 1.90. The second-order valence-electron chi connectivity index (χ2n) is 4.25. The minimum absolute atomic E-state index is 0.229. The Kier molecular flexibility index (Phi) is 4.85. The third kappa shape index (κ3) is 3.60. The van der Waals surface area contributed by atoms with Crippen LogP contribution in [0.25, 0.3) is 0 Å². The van der Waals surface area contributed by atoms with Gasteiger partial charge in [-0.25, -0.2) is 0 Å². The number of rotatable bonds is 4. The lowest BCUT2D eigenvalue weighted by atomic mass is 10.0. The Morgan fingerprint density at radius 2 is 2.05 bits per heavy atom. The van der Waals surface area contributed by atoms with E-state index in [1.54, 1.807) is 6.07 Å². The molecule has 20 heavy (non-hydrogen) atoms. The van der Waals surface area contributed by atoms with Crippen molar-refractivity contribution in [2.75, 3.05) is 0 Å². The molecule has 0 aliphatic heterocycles. The quantitative estimate of drug-likeness (QED) is 0.627. The van der Waals surface area contributed by atoms with Crippen LogP contribution >= 0.6 is 27.3 Å². The van der Waals surface area contributed by atoms with Gasteiger partial charge in [-0.3, -0.25) is 11.3 Å². The van der Waals surface area contributed by atoms with Crippen molar-refractivity contribution in [2.24, 2.45) is 5.84 Å². The molecule has 1 atom stereocenters. The molecule has 3 N–H and O–H groups in total. The zero-order valence-electron chi connectivity index (χ0n) is 10.2. The number of hydrazine groups is 1. The fourth-order valence-corrected chi connectivity index (χ4v) is 3.60. The highest BCUT2D eigenvalue weighted by molar-refractivity contribution is 9.10. The van der Waals surface area contributed by atoms with E-state index in [0.29, 0.717) is 12.0 Å². The van der Waals surface area contributed by atoms with Gasteiger partial charge in [0.05, 0.1) is 11.6 Å². The number of halogens is 4. The molecule has 0 bridgehead atoms. The molecule has 0 saturated carbocycles. The number of hydrogen-bond donors (Lipinski definition) is 2. The molecule has 2 aromatic rings. The highest BCUT2D eigenvalue weighted by atomic mass is 79.9. The molecular weight excluding hydrogens is 353 g/mol. The molecule has 0 amide bonds. The van der Waals surface area contributed by atoms with Crippen molar-refractivity contribution < 1.29 is 13.2 Å². The SMILES string of the molecule is NNC(Cc1cccc(C(F)(F)F)c1)c1sccc1Br. The Morgan fingerprint density at radius 3 is 2.60 bits per heavy atom. The summed E-state index contributed by atoms with van der Waals surface area (Å²) in [6.07, 6.45) is -3.94. The van der Waals surface area contributed by atoms with Crippen molar-refractivity contribution in [1.29, 1.82) is 0 Å². The van der Waals surface area contributed by atoms with E-state index < -0.39 is 11.7 Å². The van der Waals surface area contributed by atoms with Crippen LogP contribution in [0.3, 0.4) is 0 Å². The van der Waals surface area contributed by atoms with Crippen LogP contribution in [0.2, 0.25) is 0 Å². The molecular formula is C13H12BrF3N2S. The maximum atomic E-state index is 12.7. The number of nitrogens with one attached hydrogen (secondary N) is 1. The van der Waals surface area contributed by atoms with Gasteiger partial charge in [0.2, 0.25) is 0 Å². The number of nitrogens with two attached hydrogens (primary N) is 1. The Morgan fingerprint density at radius 1 is 1.30 bits per heavy atom. The summed E-state index contributed by atoms with van der Waals surface area (Å²) in [5.41, 5.74) is 2.59. The minimum atomic E-state index is -4.33. The van der Waals surface area contributed by atoms with Gasteiger partial charge >= 0.3 is 6.18 Å². The second kappa shape index (κ2) is 6.26. The van der Waals surface area contributed by atoms with Crippen molar-refractivity contribution in [3.05, 3.63) is 56.2 Å². The van der Waals surface area contributed by atoms with Crippen molar-refractivity contribution in [3.63, 3.8) is 0 Å².